The summed E-state index contributed by atoms with van der Waals surface area (Å²) in [5.74, 6) is 0. The zero-order valence-electron chi connectivity index (χ0n) is 2.97. The van der Waals surface area contributed by atoms with E-state index < -0.39 is 7.82 Å². The molecule has 0 saturated carbocycles. The van der Waals surface area contributed by atoms with Crippen LogP contribution in [0.3, 0.4) is 0 Å². The van der Waals surface area contributed by atoms with Crippen molar-refractivity contribution < 1.29 is 41.8 Å². The van der Waals surface area contributed by atoms with Crippen molar-refractivity contribution in [1.29, 1.82) is 0 Å². The smallest absolute Gasteiger partial charge is 0.790 e. The number of hydrogen-bond acceptors (Lipinski definition) is 3. The quantitative estimate of drug-likeness (QED) is 0.307. The number of phosphoric acid groups is 1. The molecule has 7 heteroatoms. The minimum Gasteiger partial charge on any atom is -0.790 e. The molecule has 46 valence electrons. The summed E-state index contributed by atoms with van der Waals surface area (Å²) in [5.41, 5.74) is 0. The fraction of sp³-hybridized carbons (Fsp3) is 0. The van der Waals surface area contributed by atoms with Crippen molar-refractivity contribution in [2.75, 3.05) is 0 Å². The molecule has 0 unspecified atom stereocenters. The third kappa shape index (κ3) is 399. The Bertz CT molecular complexity index is 54.2. The molecule has 0 bridgehead atoms. The van der Waals surface area contributed by atoms with Crippen LogP contribution in [0.25, 0.3) is 0 Å². The Morgan fingerprint density at radius 2 is 1.43 bits per heavy atom. The summed E-state index contributed by atoms with van der Waals surface area (Å²) in [6.07, 6.45) is 0. The van der Waals surface area contributed by atoms with Crippen molar-refractivity contribution in [2.24, 2.45) is 0 Å². The molecular formula is H3FeO5P. The van der Waals surface area contributed by atoms with Crippen molar-refractivity contribution in [2.45, 2.75) is 0 Å². The van der Waals surface area contributed by atoms with E-state index in [-0.39, 0.29) is 22.5 Å². The Morgan fingerprint density at radius 3 is 1.43 bits per heavy atom. The van der Waals surface area contributed by atoms with Gasteiger partial charge in [-0.2, -0.15) is 0 Å². The summed E-state index contributed by atoms with van der Waals surface area (Å²) in [6.45, 7) is 0. The molecule has 0 aliphatic rings. The van der Waals surface area contributed by atoms with Gasteiger partial charge < -0.3 is 24.7 Å². The van der Waals surface area contributed by atoms with Gasteiger partial charge in [-0.05, 0) is 0 Å². The van der Waals surface area contributed by atoms with Gasteiger partial charge in [0.15, 0.2) is 0 Å². The second-order valence-electron chi connectivity index (χ2n) is 0.469. The largest absolute Gasteiger partial charge is 2.00 e. The molecule has 0 aromatic carbocycles. The molecule has 0 saturated heterocycles. The fourth-order valence-corrected chi connectivity index (χ4v) is 0. The van der Waals surface area contributed by atoms with Gasteiger partial charge in [-0.3, -0.25) is 0 Å². The summed E-state index contributed by atoms with van der Waals surface area (Å²) in [7, 11) is -5.14. The van der Waals surface area contributed by atoms with E-state index in [4.69, 9.17) is 19.2 Å². The van der Waals surface area contributed by atoms with Crippen LogP contribution in [0.5, 0.6) is 0 Å². The molecule has 0 radical (unpaired) electrons. The Balaban J connectivity index is -0.0000000800. The van der Waals surface area contributed by atoms with Gasteiger partial charge in [0, 0.05) is 0 Å². The molecule has 0 atom stereocenters. The maximum atomic E-state index is 8.66. The number of hydrogen-bond donors (Lipinski definition) is 1. The molecule has 3 N–H and O–H groups in total. The van der Waals surface area contributed by atoms with Crippen LogP contribution in [0.4, 0.5) is 0 Å². The van der Waals surface area contributed by atoms with Gasteiger partial charge in [-0.15, -0.1) is 0 Å². The first kappa shape index (κ1) is 15.6. The van der Waals surface area contributed by atoms with Crippen molar-refractivity contribution in [1.82, 2.24) is 0 Å². The molecule has 0 amide bonds. The second-order valence-corrected chi connectivity index (χ2v) is 1.41. The van der Waals surface area contributed by atoms with Gasteiger partial charge in [0.1, 0.15) is 0 Å². The molecule has 0 spiro atoms. The van der Waals surface area contributed by atoms with Crippen LogP contribution in [0.2, 0.25) is 0 Å². The van der Waals surface area contributed by atoms with Gasteiger partial charge >= 0.3 is 17.1 Å². The molecule has 0 fully saturated rings. The average Bonchev–Trinajstić information content (AvgIpc) is 0.722. The standard InChI is InChI=1S/Fe.H3O4P.H2O/c;1-5(2,3)4;/h;(H3,1,2,3,4);1H2/q+2;;/p-2. The molecule has 0 aliphatic carbocycles. The third-order valence-corrected chi connectivity index (χ3v) is 0. The first-order valence-electron chi connectivity index (χ1n) is 0.748. The van der Waals surface area contributed by atoms with E-state index in [0.717, 1.165) is 0 Å². The molecule has 7 heavy (non-hydrogen) atoms. The second kappa shape index (κ2) is 4.74. The summed E-state index contributed by atoms with van der Waals surface area (Å²) in [6, 6.07) is 0. The van der Waals surface area contributed by atoms with Crippen LogP contribution in [0.15, 0.2) is 0 Å². The zero-order chi connectivity index (χ0) is 4.50. The molecule has 0 aromatic rings. The molecular weight excluding hydrogens is 167 g/mol. The summed E-state index contributed by atoms with van der Waals surface area (Å²) in [5, 5.41) is 0. The fourth-order valence-electron chi connectivity index (χ4n) is 0. The van der Waals surface area contributed by atoms with Gasteiger partial charge in [0.2, 0.25) is 0 Å². The molecule has 0 heterocycles. The summed E-state index contributed by atoms with van der Waals surface area (Å²) >= 11 is 0. The predicted octanol–water partition coefficient (Wildman–Crippen LogP) is -3.02. The Hall–Kier alpha value is 0.589. The van der Waals surface area contributed by atoms with E-state index in [9.17, 15) is 0 Å². The Kier molecular flexibility index (Phi) is 10.6. The maximum absolute atomic E-state index is 8.66. The third-order valence-electron chi connectivity index (χ3n) is 0. The SMILES string of the molecule is O.O=P([O-])([O-])O.[Fe+2]. The van der Waals surface area contributed by atoms with Crippen molar-refractivity contribution in [3.05, 3.63) is 0 Å². The topological polar surface area (TPSA) is 115 Å². The summed E-state index contributed by atoms with van der Waals surface area (Å²) in [4.78, 5) is 24.3. The van der Waals surface area contributed by atoms with Crippen molar-refractivity contribution >= 4 is 7.82 Å². The normalized spacial score (nSPS) is 8.43. The van der Waals surface area contributed by atoms with Crippen LogP contribution in [0, 0.1) is 0 Å². The molecule has 0 aliphatic heterocycles. The minimum atomic E-state index is -5.14. The van der Waals surface area contributed by atoms with Crippen molar-refractivity contribution in [3.63, 3.8) is 0 Å². The van der Waals surface area contributed by atoms with Gasteiger partial charge in [-0.1, -0.05) is 0 Å². The molecule has 0 rings (SSSR count). The van der Waals surface area contributed by atoms with Crippen LogP contribution < -0.4 is 9.79 Å². The Morgan fingerprint density at radius 1 is 1.43 bits per heavy atom. The predicted molar refractivity (Wildman–Crippen MR) is 13.4 cm³/mol. The zero-order valence-corrected chi connectivity index (χ0v) is 4.97. The van der Waals surface area contributed by atoms with Crippen LogP contribution >= 0.6 is 7.82 Å². The van der Waals surface area contributed by atoms with E-state index in [2.05, 4.69) is 0 Å². The van der Waals surface area contributed by atoms with E-state index in [1.807, 2.05) is 0 Å². The van der Waals surface area contributed by atoms with Crippen LogP contribution in [-0.4, -0.2) is 10.4 Å². The first-order valence-corrected chi connectivity index (χ1v) is 2.24. The molecule has 5 nitrogen and oxygen atoms in total. The summed E-state index contributed by atoms with van der Waals surface area (Å²) < 4.78 is 8.66. The average molecular weight is 170 g/mol. The van der Waals surface area contributed by atoms with Crippen LogP contribution in [-0.2, 0) is 21.6 Å². The van der Waals surface area contributed by atoms with Gasteiger partial charge in [-0.25, -0.2) is 0 Å². The minimum absolute atomic E-state index is 0. The van der Waals surface area contributed by atoms with E-state index in [1.54, 1.807) is 0 Å². The van der Waals surface area contributed by atoms with E-state index in [0.29, 0.717) is 0 Å². The van der Waals surface area contributed by atoms with Gasteiger partial charge in [0.25, 0.3) is 0 Å². The van der Waals surface area contributed by atoms with E-state index >= 15 is 0 Å². The Labute approximate surface area is 50.4 Å². The van der Waals surface area contributed by atoms with Crippen LogP contribution in [0.1, 0.15) is 0 Å². The number of rotatable bonds is 0. The van der Waals surface area contributed by atoms with Gasteiger partial charge in [0.05, 0.1) is 7.82 Å². The molecule has 0 aromatic heterocycles. The van der Waals surface area contributed by atoms with E-state index in [1.165, 1.54) is 0 Å². The monoisotopic (exact) mass is 170 g/mol. The van der Waals surface area contributed by atoms with Crippen molar-refractivity contribution in [3.8, 4) is 0 Å². The maximum Gasteiger partial charge on any atom is 2.00 e. The first-order chi connectivity index (χ1) is 2.00.